The van der Waals surface area contributed by atoms with Crippen LogP contribution in [0.1, 0.15) is 43.1 Å². The highest BCUT2D eigenvalue weighted by Gasteiger charge is 2.29. The maximum atomic E-state index is 12.8. The van der Waals surface area contributed by atoms with Crippen molar-refractivity contribution in [2.45, 2.75) is 51.9 Å². The number of fused-ring (bicyclic) bond motifs is 1. The van der Waals surface area contributed by atoms with Crippen molar-refractivity contribution in [2.75, 3.05) is 13.2 Å². The van der Waals surface area contributed by atoms with Gasteiger partial charge in [0, 0.05) is 19.0 Å². The minimum Gasteiger partial charge on any atom is -0.443 e. The number of amides is 1. The van der Waals surface area contributed by atoms with Crippen LogP contribution in [0.3, 0.4) is 0 Å². The van der Waals surface area contributed by atoms with E-state index in [1.54, 1.807) is 33.0 Å². The Morgan fingerprint density at radius 1 is 1.41 bits per heavy atom. The summed E-state index contributed by atoms with van der Waals surface area (Å²) in [6.45, 7) is 7.83. The van der Waals surface area contributed by atoms with Gasteiger partial charge in [-0.1, -0.05) is 0 Å². The third-order valence-electron chi connectivity index (χ3n) is 4.36. The molecule has 2 N–H and O–H groups in total. The predicted octanol–water partition coefficient (Wildman–Crippen LogP) is 2.01. The first kappa shape index (κ1) is 19.3. The lowest BCUT2D eigenvalue weighted by molar-refractivity contribution is -0.0260. The molecule has 2 atom stereocenters. The summed E-state index contributed by atoms with van der Waals surface area (Å²) in [6.07, 6.45) is 2.21. The van der Waals surface area contributed by atoms with Gasteiger partial charge in [-0.25, -0.2) is 9.36 Å². The van der Waals surface area contributed by atoms with E-state index < -0.39 is 29.7 Å². The van der Waals surface area contributed by atoms with E-state index in [-0.39, 0.29) is 12.2 Å². The van der Waals surface area contributed by atoms with Crippen molar-refractivity contribution in [2.24, 2.45) is 0 Å². The molecule has 0 radical (unpaired) electrons. The van der Waals surface area contributed by atoms with Gasteiger partial charge in [0.1, 0.15) is 11.1 Å². The first-order valence-corrected chi connectivity index (χ1v) is 8.94. The van der Waals surface area contributed by atoms with Gasteiger partial charge in [0.15, 0.2) is 0 Å². The lowest BCUT2D eigenvalue weighted by Gasteiger charge is -2.28. The van der Waals surface area contributed by atoms with Crippen molar-refractivity contribution in [3.8, 4) is 0 Å². The standard InChI is InChI=1S/C19H25N3O5/c1-11-5-7-20-15-12(17(24)21-13-6-8-26-10-14(13)23)9-22(16(11)15)18(25)27-19(2,3)4/h5,7,9,13-14,23H,6,8,10H2,1-4H3,(H,21,24)/t13-,14-/m0/s1. The maximum absolute atomic E-state index is 12.8. The van der Waals surface area contributed by atoms with Crippen LogP contribution in [0.2, 0.25) is 0 Å². The number of aliphatic hydroxyl groups is 1. The van der Waals surface area contributed by atoms with Crippen LogP contribution in [0.15, 0.2) is 18.5 Å². The summed E-state index contributed by atoms with van der Waals surface area (Å²) < 4.78 is 12.0. The summed E-state index contributed by atoms with van der Waals surface area (Å²) in [4.78, 5) is 29.8. The number of hydrogen-bond donors (Lipinski definition) is 2. The Bertz CT molecular complexity index is 868. The number of carbonyl (C=O) groups is 2. The lowest BCUT2D eigenvalue weighted by Crippen LogP contribution is -2.48. The number of aromatic nitrogens is 2. The highest BCUT2D eigenvalue weighted by molar-refractivity contribution is 6.08. The molecule has 1 saturated heterocycles. The number of aryl methyl sites for hydroxylation is 1. The first-order chi connectivity index (χ1) is 12.7. The molecule has 0 bridgehead atoms. The Balaban J connectivity index is 1.97. The third kappa shape index (κ3) is 4.12. The van der Waals surface area contributed by atoms with E-state index in [4.69, 9.17) is 9.47 Å². The normalized spacial score (nSPS) is 20.5. The second kappa shape index (κ2) is 7.28. The van der Waals surface area contributed by atoms with E-state index in [0.29, 0.717) is 24.1 Å². The molecule has 3 rings (SSSR count). The number of nitrogens with one attached hydrogen (secondary N) is 1. The van der Waals surface area contributed by atoms with Crippen LogP contribution in [0.5, 0.6) is 0 Å². The molecule has 1 fully saturated rings. The number of hydrogen-bond acceptors (Lipinski definition) is 6. The second-order valence-electron chi connectivity index (χ2n) is 7.73. The molecule has 0 saturated carbocycles. The molecule has 1 aliphatic rings. The van der Waals surface area contributed by atoms with E-state index in [9.17, 15) is 14.7 Å². The minimum atomic E-state index is -0.767. The smallest absolute Gasteiger partial charge is 0.419 e. The number of nitrogens with zero attached hydrogens (tertiary/aromatic N) is 2. The van der Waals surface area contributed by atoms with E-state index in [1.165, 1.54) is 10.8 Å². The molecule has 8 nitrogen and oxygen atoms in total. The fraction of sp³-hybridized carbons (Fsp3) is 0.526. The number of carbonyl (C=O) groups excluding carboxylic acids is 2. The number of ether oxygens (including phenoxy) is 2. The van der Waals surface area contributed by atoms with Crippen molar-refractivity contribution < 1.29 is 24.2 Å². The Hall–Kier alpha value is -2.45. The molecular weight excluding hydrogens is 350 g/mol. The molecule has 0 unspecified atom stereocenters. The van der Waals surface area contributed by atoms with Crippen LogP contribution >= 0.6 is 0 Å². The molecule has 1 amide bonds. The highest BCUT2D eigenvalue weighted by atomic mass is 16.6. The molecule has 0 aromatic carbocycles. The zero-order valence-corrected chi connectivity index (χ0v) is 16.0. The number of aliphatic hydroxyl groups excluding tert-OH is 1. The predicted molar refractivity (Wildman–Crippen MR) is 98.8 cm³/mol. The Labute approximate surface area is 157 Å². The van der Waals surface area contributed by atoms with Crippen molar-refractivity contribution >= 4 is 23.0 Å². The molecule has 2 aromatic heterocycles. The molecule has 1 aliphatic heterocycles. The Morgan fingerprint density at radius 2 is 2.15 bits per heavy atom. The fourth-order valence-corrected chi connectivity index (χ4v) is 3.07. The molecule has 146 valence electrons. The fourth-order valence-electron chi connectivity index (χ4n) is 3.07. The summed E-state index contributed by atoms with van der Waals surface area (Å²) in [5.74, 6) is -0.397. The summed E-state index contributed by atoms with van der Waals surface area (Å²) in [5.41, 5.74) is 1.34. The van der Waals surface area contributed by atoms with E-state index in [2.05, 4.69) is 10.3 Å². The average Bonchev–Trinajstić information content (AvgIpc) is 2.97. The van der Waals surface area contributed by atoms with Gasteiger partial charge < -0.3 is 19.9 Å². The van der Waals surface area contributed by atoms with Gasteiger partial charge in [-0.15, -0.1) is 0 Å². The van der Waals surface area contributed by atoms with Gasteiger partial charge in [0.2, 0.25) is 0 Å². The van der Waals surface area contributed by atoms with E-state index in [1.807, 2.05) is 6.92 Å². The molecule has 2 aromatic rings. The molecule has 3 heterocycles. The Kier molecular flexibility index (Phi) is 5.21. The van der Waals surface area contributed by atoms with Gasteiger partial charge in [0.25, 0.3) is 5.91 Å². The Morgan fingerprint density at radius 3 is 2.81 bits per heavy atom. The second-order valence-corrected chi connectivity index (χ2v) is 7.73. The van der Waals surface area contributed by atoms with Gasteiger partial charge in [-0.3, -0.25) is 9.78 Å². The van der Waals surface area contributed by atoms with Crippen molar-refractivity contribution in [3.63, 3.8) is 0 Å². The van der Waals surface area contributed by atoms with Crippen LogP contribution in [0.25, 0.3) is 11.0 Å². The topological polar surface area (TPSA) is 103 Å². The van der Waals surface area contributed by atoms with Gasteiger partial charge in [-0.05, 0) is 45.7 Å². The zero-order valence-electron chi connectivity index (χ0n) is 16.0. The summed E-state index contributed by atoms with van der Waals surface area (Å²) in [7, 11) is 0. The molecule has 0 aliphatic carbocycles. The largest absolute Gasteiger partial charge is 0.443 e. The highest BCUT2D eigenvalue weighted by Crippen LogP contribution is 2.24. The van der Waals surface area contributed by atoms with Crippen molar-refractivity contribution in [1.29, 1.82) is 0 Å². The summed E-state index contributed by atoms with van der Waals surface area (Å²) >= 11 is 0. The van der Waals surface area contributed by atoms with E-state index in [0.717, 1.165) is 5.56 Å². The van der Waals surface area contributed by atoms with E-state index >= 15 is 0 Å². The van der Waals surface area contributed by atoms with Gasteiger partial charge >= 0.3 is 6.09 Å². The molecule has 8 heteroatoms. The number of pyridine rings is 1. The van der Waals surface area contributed by atoms with Crippen LogP contribution in [0, 0.1) is 6.92 Å². The van der Waals surface area contributed by atoms with Crippen LogP contribution in [0.4, 0.5) is 4.79 Å². The van der Waals surface area contributed by atoms with Crippen LogP contribution < -0.4 is 5.32 Å². The minimum absolute atomic E-state index is 0.183. The SMILES string of the molecule is Cc1ccnc2c(C(=O)N[C@H]3CCOC[C@@H]3O)cn(C(=O)OC(C)(C)C)c12. The van der Waals surface area contributed by atoms with Crippen LogP contribution in [-0.4, -0.2) is 57.6 Å². The monoisotopic (exact) mass is 375 g/mol. The third-order valence-corrected chi connectivity index (χ3v) is 4.36. The number of rotatable bonds is 2. The van der Waals surface area contributed by atoms with Gasteiger partial charge in [-0.2, -0.15) is 0 Å². The van der Waals surface area contributed by atoms with Crippen molar-refractivity contribution in [1.82, 2.24) is 14.9 Å². The summed E-state index contributed by atoms with van der Waals surface area (Å²) in [5, 5.41) is 12.8. The molecular formula is C19H25N3O5. The first-order valence-electron chi connectivity index (χ1n) is 8.94. The maximum Gasteiger partial charge on any atom is 0.419 e. The average molecular weight is 375 g/mol. The molecule has 0 spiro atoms. The van der Waals surface area contributed by atoms with Gasteiger partial charge in [0.05, 0.1) is 29.8 Å². The van der Waals surface area contributed by atoms with Crippen LogP contribution in [-0.2, 0) is 9.47 Å². The van der Waals surface area contributed by atoms with Crippen molar-refractivity contribution in [3.05, 3.63) is 29.6 Å². The lowest BCUT2D eigenvalue weighted by atomic mass is 10.1. The molecule has 27 heavy (non-hydrogen) atoms. The zero-order chi connectivity index (χ0) is 19.8. The summed E-state index contributed by atoms with van der Waals surface area (Å²) in [6, 6.07) is 1.36. The quantitative estimate of drug-likeness (QED) is 0.832.